The molecule has 4 aromatic rings. The zero-order valence-corrected chi connectivity index (χ0v) is 24.3. The largest absolute Gasteiger partial charge is 0.496 e. The van der Waals surface area contributed by atoms with Crippen LogP contribution in [0.15, 0.2) is 70.9 Å². The number of hydrogen-bond acceptors (Lipinski definition) is 9. The molecule has 0 saturated heterocycles. The number of methoxy groups -OCH3 is 4. The van der Waals surface area contributed by atoms with Crippen molar-refractivity contribution in [2.75, 3.05) is 39.1 Å². The number of aromatic nitrogens is 1. The number of thioether (sulfide) groups is 1. The van der Waals surface area contributed by atoms with Crippen molar-refractivity contribution >= 4 is 45.7 Å². The highest BCUT2D eigenvalue weighted by Crippen LogP contribution is 2.34. The van der Waals surface area contributed by atoms with Gasteiger partial charge in [0.15, 0.2) is 16.6 Å². The van der Waals surface area contributed by atoms with Crippen LogP contribution in [0.25, 0.3) is 11.3 Å². The van der Waals surface area contributed by atoms with E-state index in [-0.39, 0.29) is 17.1 Å². The van der Waals surface area contributed by atoms with Gasteiger partial charge in [0.05, 0.1) is 39.4 Å². The predicted molar refractivity (Wildman–Crippen MR) is 159 cm³/mol. The second-order valence-corrected chi connectivity index (χ2v) is 10.6. The molecule has 1 unspecified atom stereocenters. The van der Waals surface area contributed by atoms with Crippen LogP contribution in [0.5, 0.6) is 23.0 Å². The molecule has 0 aliphatic heterocycles. The van der Waals surface area contributed by atoms with E-state index >= 15 is 0 Å². The minimum atomic E-state index is -0.383. The molecule has 1 aromatic heterocycles. The van der Waals surface area contributed by atoms with Crippen molar-refractivity contribution in [1.29, 1.82) is 0 Å². The van der Waals surface area contributed by atoms with Crippen LogP contribution in [0.1, 0.15) is 17.3 Å². The molecule has 0 saturated carbocycles. The summed E-state index contributed by atoms with van der Waals surface area (Å²) in [6, 6.07) is 18.0. The molecule has 2 amide bonds. The van der Waals surface area contributed by atoms with Crippen molar-refractivity contribution in [3.63, 3.8) is 0 Å². The first kappa shape index (κ1) is 28.8. The number of nitrogens with zero attached hydrogens (tertiary/aromatic N) is 1. The second kappa shape index (κ2) is 13.2. The maximum Gasteiger partial charge on any atom is 0.263 e. The minimum Gasteiger partial charge on any atom is -0.496 e. The van der Waals surface area contributed by atoms with Gasteiger partial charge in [-0.3, -0.25) is 9.59 Å². The molecular weight excluding hydrogens is 550 g/mol. The molecule has 208 valence electrons. The van der Waals surface area contributed by atoms with Gasteiger partial charge in [0.1, 0.15) is 17.1 Å². The average molecular weight is 580 g/mol. The molecule has 0 radical (unpaired) electrons. The minimum absolute atomic E-state index is 0.168. The first-order valence-electron chi connectivity index (χ1n) is 12.1. The molecule has 0 aliphatic rings. The van der Waals surface area contributed by atoms with Crippen molar-refractivity contribution in [2.45, 2.75) is 17.1 Å². The van der Waals surface area contributed by atoms with Crippen LogP contribution in [0.3, 0.4) is 0 Å². The second-order valence-electron chi connectivity index (χ2n) is 8.37. The highest BCUT2D eigenvalue weighted by molar-refractivity contribution is 8.00. The Morgan fingerprint density at radius 3 is 2.10 bits per heavy atom. The number of nitrogens with one attached hydrogen (secondary N) is 2. The van der Waals surface area contributed by atoms with E-state index in [9.17, 15) is 9.59 Å². The van der Waals surface area contributed by atoms with Gasteiger partial charge in [0, 0.05) is 21.5 Å². The number of rotatable bonds is 11. The molecule has 9 nitrogen and oxygen atoms in total. The molecule has 1 heterocycles. The number of anilines is 2. The molecule has 11 heteroatoms. The Morgan fingerprint density at radius 2 is 1.48 bits per heavy atom. The number of thiazole rings is 1. The number of benzene rings is 3. The van der Waals surface area contributed by atoms with Gasteiger partial charge in [0.25, 0.3) is 5.91 Å². The third-order valence-electron chi connectivity index (χ3n) is 5.86. The Kier molecular flexibility index (Phi) is 9.52. The summed E-state index contributed by atoms with van der Waals surface area (Å²) < 4.78 is 21.3. The summed E-state index contributed by atoms with van der Waals surface area (Å²) >= 11 is 2.75. The smallest absolute Gasteiger partial charge is 0.263 e. The van der Waals surface area contributed by atoms with Crippen LogP contribution < -0.4 is 29.6 Å². The first-order valence-corrected chi connectivity index (χ1v) is 13.9. The number of carbonyl (C=O) groups is 2. The van der Waals surface area contributed by atoms with E-state index < -0.39 is 0 Å². The maximum absolute atomic E-state index is 12.9. The highest BCUT2D eigenvalue weighted by Gasteiger charge is 2.19. The molecular formula is C29H29N3O6S2. The predicted octanol–water partition coefficient (Wildman–Crippen LogP) is 6.22. The topological polar surface area (TPSA) is 108 Å². The van der Waals surface area contributed by atoms with Crippen LogP contribution in [0.4, 0.5) is 10.8 Å². The fourth-order valence-corrected chi connectivity index (χ4v) is 5.40. The third kappa shape index (κ3) is 6.67. The van der Waals surface area contributed by atoms with Crippen LogP contribution >= 0.6 is 23.1 Å². The van der Waals surface area contributed by atoms with Gasteiger partial charge in [-0.25, -0.2) is 4.98 Å². The molecule has 4 rings (SSSR count). The summed E-state index contributed by atoms with van der Waals surface area (Å²) in [7, 11) is 6.17. The van der Waals surface area contributed by atoms with Crippen LogP contribution in [0, 0.1) is 0 Å². The molecule has 40 heavy (non-hydrogen) atoms. The van der Waals surface area contributed by atoms with Crippen molar-refractivity contribution in [1.82, 2.24) is 4.98 Å². The highest BCUT2D eigenvalue weighted by atomic mass is 32.2. The van der Waals surface area contributed by atoms with Crippen LogP contribution in [-0.2, 0) is 4.79 Å². The summed E-state index contributed by atoms with van der Waals surface area (Å²) in [5, 5.41) is 7.76. The van der Waals surface area contributed by atoms with Crippen molar-refractivity contribution in [2.24, 2.45) is 0 Å². The number of hydrogen-bond donors (Lipinski definition) is 2. The van der Waals surface area contributed by atoms with Crippen LogP contribution in [0.2, 0.25) is 0 Å². The zero-order valence-electron chi connectivity index (χ0n) is 22.6. The fraction of sp³-hybridized carbons (Fsp3) is 0.207. The third-order valence-corrected chi connectivity index (χ3v) is 7.73. The monoisotopic (exact) mass is 579 g/mol. The van der Waals surface area contributed by atoms with Crippen molar-refractivity contribution in [3.05, 3.63) is 71.6 Å². The Labute approximate surface area is 240 Å². The Morgan fingerprint density at radius 1 is 0.825 bits per heavy atom. The van der Waals surface area contributed by atoms with E-state index in [1.54, 1.807) is 44.6 Å². The Bertz CT molecular complexity index is 1470. The van der Waals surface area contributed by atoms with Gasteiger partial charge in [0.2, 0.25) is 5.91 Å². The van der Waals surface area contributed by atoms with Gasteiger partial charge in [-0.2, -0.15) is 0 Å². The molecule has 0 bridgehead atoms. The van der Waals surface area contributed by atoms with Gasteiger partial charge in [-0.05, 0) is 61.5 Å². The standard InChI is InChI=1S/C29H29N3O6S2/c1-17(27(33)32-29-31-21(16-39-29)18-9-14-22(35-2)25(15-18)38-5)40-20-12-10-19(11-13-20)30-28(34)26-23(36-3)7-6-8-24(26)37-4/h6-17H,1-5H3,(H,30,34)(H,31,32,33). The lowest BCUT2D eigenvalue weighted by Gasteiger charge is -2.14. The van der Waals surface area contributed by atoms with E-state index in [1.165, 1.54) is 37.3 Å². The lowest BCUT2D eigenvalue weighted by Crippen LogP contribution is -2.22. The number of ether oxygens (including phenoxy) is 4. The van der Waals surface area contributed by atoms with Gasteiger partial charge >= 0.3 is 0 Å². The van der Waals surface area contributed by atoms with Crippen molar-refractivity contribution in [3.8, 4) is 34.3 Å². The first-order chi connectivity index (χ1) is 19.4. The average Bonchev–Trinajstić information content (AvgIpc) is 3.45. The lowest BCUT2D eigenvalue weighted by atomic mass is 10.1. The fourth-order valence-electron chi connectivity index (χ4n) is 3.81. The molecule has 0 fully saturated rings. The quantitative estimate of drug-likeness (QED) is 0.202. The van der Waals surface area contributed by atoms with Gasteiger partial charge in [-0.15, -0.1) is 23.1 Å². The summed E-state index contributed by atoms with van der Waals surface area (Å²) in [5.41, 5.74) is 2.50. The summed E-state index contributed by atoms with van der Waals surface area (Å²) in [5.74, 6) is 1.55. The van der Waals surface area contributed by atoms with Gasteiger partial charge in [-0.1, -0.05) is 6.07 Å². The van der Waals surface area contributed by atoms with E-state index in [0.29, 0.717) is 39.4 Å². The molecule has 2 N–H and O–H groups in total. The van der Waals surface area contributed by atoms with E-state index in [4.69, 9.17) is 18.9 Å². The maximum atomic E-state index is 12.9. The number of carbonyl (C=O) groups excluding carboxylic acids is 2. The summed E-state index contributed by atoms with van der Waals surface area (Å²) in [4.78, 5) is 31.2. The van der Waals surface area contributed by atoms with E-state index in [0.717, 1.165) is 16.2 Å². The molecule has 3 aromatic carbocycles. The van der Waals surface area contributed by atoms with Gasteiger partial charge < -0.3 is 29.6 Å². The molecule has 0 spiro atoms. The normalized spacial score (nSPS) is 11.3. The Balaban J connectivity index is 1.35. The van der Waals surface area contributed by atoms with E-state index in [2.05, 4.69) is 15.6 Å². The zero-order chi connectivity index (χ0) is 28.6. The lowest BCUT2D eigenvalue weighted by molar-refractivity contribution is -0.115. The van der Waals surface area contributed by atoms with Crippen molar-refractivity contribution < 1.29 is 28.5 Å². The molecule has 1 atom stereocenters. The Hall–Kier alpha value is -4.22. The van der Waals surface area contributed by atoms with E-state index in [1.807, 2.05) is 42.6 Å². The van der Waals surface area contributed by atoms with Crippen LogP contribution in [-0.4, -0.2) is 50.5 Å². The summed E-state index contributed by atoms with van der Waals surface area (Å²) in [6.45, 7) is 1.83. The molecule has 0 aliphatic carbocycles. The SMILES string of the molecule is COc1ccc(-c2csc(NC(=O)C(C)Sc3ccc(NC(=O)c4c(OC)cccc4OC)cc3)n2)cc1OC. The summed E-state index contributed by atoms with van der Waals surface area (Å²) in [6.07, 6.45) is 0. The number of amides is 2.